The molecule has 0 spiro atoms. The highest BCUT2D eigenvalue weighted by atomic mass is 16.3. The number of hydrogen-bond acceptors (Lipinski definition) is 4. The lowest BCUT2D eigenvalue weighted by atomic mass is 10.1. The summed E-state index contributed by atoms with van der Waals surface area (Å²) in [6.45, 7) is 0. The van der Waals surface area contributed by atoms with Gasteiger partial charge in [-0.15, -0.1) is 0 Å². The maximum absolute atomic E-state index is 10.3. The van der Waals surface area contributed by atoms with Gasteiger partial charge in [0.05, 0.1) is 0 Å². The number of benzene rings is 1. The van der Waals surface area contributed by atoms with Crippen molar-refractivity contribution in [1.29, 1.82) is 5.26 Å². The molecule has 0 atom stereocenters. The van der Waals surface area contributed by atoms with E-state index < -0.39 is 11.5 Å². The largest absolute Gasteiger partial charge is 0.504 e. The minimum atomic E-state index is -0.554. The number of nitriles is 1. The third kappa shape index (κ3) is 1.08. The molecule has 0 heterocycles. The molecule has 0 amide bonds. The molecule has 4 nitrogen and oxygen atoms in total. The first-order valence-electron chi connectivity index (χ1n) is 3.11. The van der Waals surface area contributed by atoms with Crippen LogP contribution in [-0.2, 0) is 0 Å². The third-order valence-corrected chi connectivity index (χ3v) is 1.43. The monoisotopic (exact) mass is 163 g/mol. The van der Waals surface area contributed by atoms with Crippen LogP contribution < -0.4 is 0 Å². The number of rotatable bonds is 1. The molecule has 2 N–H and O–H groups in total. The molecule has 0 aliphatic carbocycles. The summed E-state index contributed by atoms with van der Waals surface area (Å²) in [5.74, 6) is -0.959. The van der Waals surface area contributed by atoms with E-state index in [1.165, 1.54) is 6.07 Å². The van der Waals surface area contributed by atoms with Crippen molar-refractivity contribution in [2.75, 3.05) is 0 Å². The Morgan fingerprint density at radius 2 is 2.08 bits per heavy atom. The average molecular weight is 163 g/mol. The smallest absolute Gasteiger partial charge is 0.176 e. The molecular formula is C8H5NO3. The van der Waals surface area contributed by atoms with Crippen molar-refractivity contribution in [1.82, 2.24) is 0 Å². The van der Waals surface area contributed by atoms with E-state index in [1.54, 1.807) is 6.07 Å². The van der Waals surface area contributed by atoms with Crippen LogP contribution in [0.3, 0.4) is 0 Å². The quantitative estimate of drug-likeness (QED) is 0.473. The lowest BCUT2D eigenvalue weighted by molar-refractivity contribution is 0.112. The van der Waals surface area contributed by atoms with Crippen molar-refractivity contribution in [3.05, 3.63) is 23.3 Å². The van der Waals surface area contributed by atoms with Gasteiger partial charge in [0.25, 0.3) is 0 Å². The summed E-state index contributed by atoms with van der Waals surface area (Å²) < 4.78 is 0. The van der Waals surface area contributed by atoms with Gasteiger partial charge in [0.2, 0.25) is 0 Å². The minimum absolute atomic E-state index is 0.0628. The molecule has 1 aromatic carbocycles. The van der Waals surface area contributed by atoms with Crippen molar-refractivity contribution in [2.45, 2.75) is 0 Å². The first kappa shape index (κ1) is 8.08. The fraction of sp³-hybridized carbons (Fsp3) is 0. The number of carbonyl (C=O) groups excluding carboxylic acids is 1. The van der Waals surface area contributed by atoms with E-state index in [2.05, 4.69) is 0 Å². The summed E-state index contributed by atoms with van der Waals surface area (Å²) >= 11 is 0. The lowest BCUT2D eigenvalue weighted by Gasteiger charge is -2.00. The fourth-order valence-corrected chi connectivity index (χ4v) is 0.811. The van der Waals surface area contributed by atoms with Gasteiger partial charge < -0.3 is 10.2 Å². The molecule has 0 aliphatic rings. The highest BCUT2D eigenvalue weighted by molar-refractivity contribution is 5.81. The summed E-state index contributed by atoms with van der Waals surface area (Å²) in [5, 5.41) is 26.5. The SMILES string of the molecule is N#Cc1c(C=O)ccc(O)c1O. The number of nitrogens with zero attached hydrogens (tertiary/aromatic N) is 1. The van der Waals surface area contributed by atoms with E-state index in [0.717, 1.165) is 6.07 Å². The zero-order chi connectivity index (χ0) is 9.14. The summed E-state index contributed by atoms with van der Waals surface area (Å²) in [5.41, 5.74) is -0.141. The number of phenols is 2. The van der Waals surface area contributed by atoms with Crippen molar-refractivity contribution < 1.29 is 15.0 Å². The number of aldehydes is 1. The Labute approximate surface area is 68.3 Å². The van der Waals surface area contributed by atoms with Crippen LogP contribution in [0.25, 0.3) is 0 Å². The first-order chi connectivity index (χ1) is 5.70. The average Bonchev–Trinajstić information content (AvgIpc) is 2.09. The Kier molecular flexibility index (Phi) is 1.97. The Bertz CT molecular complexity index is 365. The van der Waals surface area contributed by atoms with Crippen LogP contribution in [-0.4, -0.2) is 16.5 Å². The molecule has 1 rings (SSSR count). The summed E-state index contributed by atoms with van der Waals surface area (Å²) in [6, 6.07) is 4.03. The second kappa shape index (κ2) is 2.93. The van der Waals surface area contributed by atoms with E-state index in [-0.39, 0.29) is 11.1 Å². The van der Waals surface area contributed by atoms with Crippen molar-refractivity contribution >= 4 is 6.29 Å². The molecule has 12 heavy (non-hydrogen) atoms. The third-order valence-electron chi connectivity index (χ3n) is 1.43. The summed E-state index contributed by atoms with van der Waals surface area (Å²) in [6.07, 6.45) is 0.442. The predicted octanol–water partition coefficient (Wildman–Crippen LogP) is 0.782. The van der Waals surface area contributed by atoms with Crippen molar-refractivity contribution in [3.63, 3.8) is 0 Å². The van der Waals surface area contributed by atoms with Gasteiger partial charge in [-0.05, 0) is 12.1 Å². The van der Waals surface area contributed by atoms with Crippen LogP contribution in [0.4, 0.5) is 0 Å². The molecule has 0 saturated heterocycles. The predicted molar refractivity (Wildman–Crippen MR) is 39.9 cm³/mol. The molecule has 0 aliphatic heterocycles. The fourth-order valence-electron chi connectivity index (χ4n) is 0.811. The highest BCUT2D eigenvalue weighted by Crippen LogP contribution is 2.29. The standard InChI is InChI=1S/C8H5NO3/c9-3-6-5(4-10)1-2-7(11)8(6)12/h1-2,4,11-12H. The van der Waals surface area contributed by atoms with Gasteiger partial charge in [-0.1, -0.05) is 0 Å². The molecule has 60 valence electrons. The number of hydrogen-bond donors (Lipinski definition) is 2. The number of carbonyl (C=O) groups is 1. The number of aromatic hydroxyl groups is 2. The highest BCUT2D eigenvalue weighted by Gasteiger charge is 2.10. The summed E-state index contributed by atoms with van der Waals surface area (Å²) in [7, 11) is 0. The Morgan fingerprint density at radius 1 is 1.42 bits per heavy atom. The molecule has 0 bridgehead atoms. The summed E-state index contributed by atoms with van der Waals surface area (Å²) in [4.78, 5) is 10.3. The van der Waals surface area contributed by atoms with E-state index in [1.807, 2.05) is 0 Å². The van der Waals surface area contributed by atoms with Gasteiger partial charge in [0.15, 0.2) is 17.8 Å². The Balaban J connectivity index is 3.48. The van der Waals surface area contributed by atoms with Crippen LogP contribution in [0.15, 0.2) is 12.1 Å². The van der Waals surface area contributed by atoms with Gasteiger partial charge in [-0.3, -0.25) is 4.79 Å². The second-order valence-corrected chi connectivity index (χ2v) is 2.13. The first-order valence-corrected chi connectivity index (χ1v) is 3.11. The lowest BCUT2D eigenvalue weighted by Crippen LogP contribution is -1.87. The Morgan fingerprint density at radius 3 is 2.58 bits per heavy atom. The van der Waals surface area contributed by atoms with E-state index in [0.29, 0.717) is 6.29 Å². The second-order valence-electron chi connectivity index (χ2n) is 2.13. The molecule has 0 fully saturated rings. The van der Waals surface area contributed by atoms with Gasteiger partial charge in [0.1, 0.15) is 11.6 Å². The zero-order valence-electron chi connectivity index (χ0n) is 5.98. The minimum Gasteiger partial charge on any atom is -0.504 e. The normalized spacial score (nSPS) is 8.92. The van der Waals surface area contributed by atoms with Crippen molar-refractivity contribution in [2.24, 2.45) is 0 Å². The van der Waals surface area contributed by atoms with E-state index in [9.17, 15) is 4.79 Å². The molecule has 0 radical (unpaired) electrons. The molecular weight excluding hydrogens is 158 g/mol. The van der Waals surface area contributed by atoms with Crippen LogP contribution in [0, 0.1) is 11.3 Å². The maximum atomic E-state index is 10.3. The van der Waals surface area contributed by atoms with Crippen molar-refractivity contribution in [3.8, 4) is 17.6 Å². The van der Waals surface area contributed by atoms with Gasteiger partial charge in [-0.2, -0.15) is 5.26 Å². The van der Waals surface area contributed by atoms with Crippen LogP contribution in [0.2, 0.25) is 0 Å². The molecule has 0 saturated carbocycles. The van der Waals surface area contributed by atoms with Gasteiger partial charge >= 0.3 is 0 Å². The zero-order valence-corrected chi connectivity index (χ0v) is 5.98. The molecule has 4 heteroatoms. The van der Waals surface area contributed by atoms with Crippen LogP contribution in [0.1, 0.15) is 15.9 Å². The molecule has 0 aromatic heterocycles. The van der Waals surface area contributed by atoms with E-state index in [4.69, 9.17) is 15.5 Å². The topological polar surface area (TPSA) is 81.3 Å². The molecule has 1 aromatic rings. The van der Waals surface area contributed by atoms with Crippen LogP contribution >= 0.6 is 0 Å². The van der Waals surface area contributed by atoms with E-state index >= 15 is 0 Å². The van der Waals surface area contributed by atoms with Gasteiger partial charge in [0, 0.05) is 5.56 Å². The maximum Gasteiger partial charge on any atom is 0.176 e. The Hall–Kier alpha value is -2.02. The van der Waals surface area contributed by atoms with Crippen LogP contribution in [0.5, 0.6) is 11.5 Å². The number of phenolic OH excluding ortho intramolecular Hbond substituents is 2. The van der Waals surface area contributed by atoms with Gasteiger partial charge in [-0.25, -0.2) is 0 Å². The molecule has 0 unspecified atom stereocenters.